The number of nitrogens with one attached hydrogen (secondary N) is 1. The second kappa shape index (κ2) is 4.34. The van der Waals surface area contributed by atoms with Crippen molar-refractivity contribution in [2.75, 3.05) is 11.9 Å². The molecule has 2 aliphatic carbocycles. The van der Waals surface area contributed by atoms with Crippen molar-refractivity contribution in [3.05, 3.63) is 41.2 Å². The van der Waals surface area contributed by atoms with Crippen LogP contribution in [0.5, 0.6) is 0 Å². The predicted octanol–water partition coefficient (Wildman–Crippen LogP) is 4.10. The van der Waals surface area contributed by atoms with Gasteiger partial charge in [0, 0.05) is 17.3 Å². The number of halogens is 2. The topological polar surface area (TPSA) is 12.0 Å². The Morgan fingerprint density at radius 1 is 1.24 bits per heavy atom. The van der Waals surface area contributed by atoms with Crippen LogP contribution in [-0.4, -0.2) is 6.54 Å². The monoisotopic (exact) mass is 251 g/mol. The van der Waals surface area contributed by atoms with Crippen molar-refractivity contribution in [3.63, 3.8) is 0 Å². The molecule has 0 amide bonds. The van der Waals surface area contributed by atoms with Gasteiger partial charge in [0.2, 0.25) is 0 Å². The van der Waals surface area contributed by atoms with Gasteiger partial charge < -0.3 is 5.32 Å². The van der Waals surface area contributed by atoms with Crippen LogP contribution in [-0.2, 0) is 0 Å². The first-order valence-electron chi connectivity index (χ1n) is 6.09. The first-order valence-corrected chi connectivity index (χ1v) is 6.47. The van der Waals surface area contributed by atoms with Crippen LogP contribution in [0.4, 0.5) is 10.1 Å². The second-order valence-corrected chi connectivity index (χ2v) is 5.52. The highest BCUT2D eigenvalue weighted by Crippen LogP contribution is 2.43. The molecule has 0 saturated heterocycles. The minimum atomic E-state index is -0.284. The van der Waals surface area contributed by atoms with Crippen LogP contribution in [0.1, 0.15) is 12.8 Å². The van der Waals surface area contributed by atoms with E-state index in [0.29, 0.717) is 10.9 Å². The molecule has 0 radical (unpaired) electrons. The molecule has 3 rings (SSSR count). The van der Waals surface area contributed by atoms with Gasteiger partial charge in [-0.05, 0) is 48.8 Å². The molecule has 0 spiro atoms. The number of hydrogen-bond acceptors (Lipinski definition) is 1. The van der Waals surface area contributed by atoms with Crippen LogP contribution >= 0.6 is 11.6 Å². The van der Waals surface area contributed by atoms with Crippen molar-refractivity contribution >= 4 is 17.3 Å². The van der Waals surface area contributed by atoms with Crippen molar-refractivity contribution in [1.29, 1.82) is 0 Å². The van der Waals surface area contributed by atoms with E-state index in [0.717, 1.165) is 24.1 Å². The lowest BCUT2D eigenvalue weighted by Crippen LogP contribution is -2.18. The van der Waals surface area contributed by atoms with E-state index in [2.05, 4.69) is 17.5 Å². The van der Waals surface area contributed by atoms with Gasteiger partial charge in [0.15, 0.2) is 0 Å². The molecule has 1 saturated carbocycles. The summed E-state index contributed by atoms with van der Waals surface area (Å²) >= 11 is 5.82. The van der Waals surface area contributed by atoms with Gasteiger partial charge in [-0.3, -0.25) is 0 Å². The number of fused-ring (bicyclic) bond motifs is 2. The Morgan fingerprint density at radius 2 is 2.12 bits per heavy atom. The fourth-order valence-corrected chi connectivity index (χ4v) is 3.26. The minimum absolute atomic E-state index is 0.284. The summed E-state index contributed by atoms with van der Waals surface area (Å²) in [6, 6.07) is 4.59. The standard InChI is InChI=1S/C14H15ClFN/c15-12-5-13(16)7-14(6-12)17-8-11-4-9-1-2-10(11)3-9/h1-2,5-7,9-11,17H,3-4,8H2. The summed E-state index contributed by atoms with van der Waals surface area (Å²) in [6.07, 6.45) is 7.23. The van der Waals surface area contributed by atoms with E-state index < -0.39 is 0 Å². The van der Waals surface area contributed by atoms with Gasteiger partial charge in [-0.2, -0.15) is 0 Å². The first kappa shape index (κ1) is 11.1. The Morgan fingerprint density at radius 3 is 2.76 bits per heavy atom. The molecule has 1 fully saturated rings. The quantitative estimate of drug-likeness (QED) is 0.798. The number of hydrogen-bond donors (Lipinski definition) is 1. The molecule has 0 aromatic heterocycles. The lowest BCUT2D eigenvalue weighted by molar-refractivity contribution is 0.472. The zero-order valence-electron chi connectivity index (χ0n) is 9.50. The van der Waals surface area contributed by atoms with Crippen molar-refractivity contribution in [2.24, 2.45) is 17.8 Å². The van der Waals surface area contributed by atoms with Crippen molar-refractivity contribution in [1.82, 2.24) is 0 Å². The third-order valence-electron chi connectivity index (χ3n) is 3.85. The zero-order valence-corrected chi connectivity index (χ0v) is 10.3. The molecule has 1 aromatic rings. The van der Waals surface area contributed by atoms with E-state index in [-0.39, 0.29) is 5.82 Å². The zero-order chi connectivity index (χ0) is 11.8. The Hall–Kier alpha value is -1.02. The molecule has 2 aliphatic rings. The smallest absolute Gasteiger partial charge is 0.126 e. The van der Waals surface area contributed by atoms with Crippen LogP contribution in [0.15, 0.2) is 30.4 Å². The number of benzene rings is 1. The summed E-state index contributed by atoms with van der Waals surface area (Å²) in [5.41, 5.74) is 0.779. The summed E-state index contributed by atoms with van der Waals surface area (Å²) in [5.74, 6) is 1.90. The van der Waals surface area contributed by atoms with Gasteiger partial charge in [0.05, 0.1) is 0 Å². The summed E-state index contributed by atoms with van der Waals surface area (Å²) in [4.78, 5) is 0. The molecule has 2 bridgehead atoms. The van der Waals surface area contributed by atoms with Crippen LogP contribution in [0, 0.1) is 23.6 Å². The predicted molar refractivity (Wildman–Crippen MR) is 68.7 cm³/mol. The summed E-state index contributed by atoms with van der Waals surface area (Å²) in [5, 5.41) is 3.74. The average molecular weight is 252 g/mol. The molecule has 0 aliphatic heterocycles. The van der Waals surface area contributed by atoms with E-state index in [9.17, 15) is 4.39 Å². The number of rotatable bonds is 3. The van der Waals surface area contributed by atoms with Gasteiger partial charge in [0.25, 0.3) is 0 Å². The van der Waals surface area contributed by atoms with Gasteiger partial charge in [-0.25, -0.2) is 4.39 Å². The van der Waals surface area contributed by atoms with E-state index in [4.69, 9.17) is 11.6 Å². The Bertz CT molecular complexity index is 437. The molecule has 1 N–H and O–H groups in total. The SMILES string of the molecule is Fc1cc(Cl)cc(NCC2CC3C=CC2C3)c1. The van der Waals surface area contributed by atoms with Gasteiger partial charge in [-0.15, -0.1) is 0 Å². The summed E-state index contributed by atoms with van der Waals surface area (Å²) < 4.78 is 13.1. The van der Waals surface area contributed by atoms with Gasteiger partial charge in [0.1, 0.15) is 5.82 Å². The van der Waals surface area contributed by atoms with Crippen LogP contribution in [0.3, 0.4) is 0 Å². The van der Waals surface area contributed by atoms with Crippen LogP contribution in [0.2, 0.25) is 5.02 Å². The lowest BCUT2D eigenvalue weighted by atomic mass is 9.93. The summed E-state index contributed by atoms with van der Waals surface area (Å²) in [7, 11) is 0. The van der Waals surface area contributed by atoms with Crippen molar-refractivity contribution in [3.8, 4) is 0 Å². The number of allylic oxidation sites excluding steroid dienone is 2. The maximum Gasteiger partial charge on any atom is 0.126 e. The third kappa shape index (κ3) is 2.32. The van der Waals surface area contributed by atoms with Crippen molar-refractivity contribution < 1.29 is 4.39 Å². The molecule has 1 nitrogen and oxygen atoms in total. The van der Waals surface area contributed by atoms with Crippen LogP contribution in [0.25, 0.3) is 0 Å². The third-order valence-corrected chi connectivity index (χ3v) is 4.07. The molecule has 1 aromatic carbocycles. The molecular weight excluding hydrogens is 237 g/mol. The van der Waals surface area contributed by atoms with E-state index >= 15 is 0 Å². The average Bonchev–Trinajstić information content (AvgIpc) is 2.86. The molecule has 3 atom stereocenters. The van der Waals surface area contributed by atoms with Gasteiger partial charge in [-0.1, -0.05) is 23.8 Å². The molecule has 90 valence electrons. The maximum absolute atomic E-state index is 13.1. The molecule has 0 heterocycles. The molecule has 17 heavy (non-hydrogen) atoms. The fourth-order valence-electron chi connectivity index (χ4n) is 3.03. The Kier molecular flexibility index (Phi) is 2.83. The first-order chi connectivity index (χ1) is 8.20. The van der Waals surface area contributed by atoms with Crippen LogP contribution < -0.4 is 5.32 Å². The normalized spacial score (nSPS) is 29.9. The largest absolute Gasteiger partial charge is 0.385 e. The minimum Gasteiger partial charge on any atom is -0.385 e. The van der Waals surface area contributed by atoms with E-state index in [1.54, 1.807) is 6.07 Å². The van der Waals surface area contributed by atoms with E-state index in [1.165, 1.54) is 25.0 Å². The highest BCUT2D eigenvalue weighted by atomic mass is 35.5. The summed E-state index contributed by atoms with van der Waals surface area (Å²) in [6.45, 7) is 0.908. The Labute approximate surface area is 106 Å². The second-order valence-electron chi connectivity index (χ2n) is 5.08. The molecule has 3 heteroatoms. The van der Waals surface area contributed by atoms with Crippen molar-refractivity contribution in [2.45, 2.75) is 12.8 Å². The Balaban J connectivity index is 1.62. The maximum atomic E-state index is 13.1. The molecule has 3 unspecified atom stereocenters. The lowest BCUT2D eigenvalue weighted by Gasteiger charge is -2.19. The van der Waals surface area contributed by atoms with E-state index in [1.807, 2.05) is 0 Å². The highest BCUT2D eigenvalue weighted by Gasteiger charge is 2.35. The van der Waals surface area contributed by atoms with Gasteiger partial charge >= 0.3 is 0 Å². The fraction of sp³-hybridized carbons (Fsp3) is 0.429. The highest BCUT2D eigenvalue weighted by molar-refractivity contribution is 6.30. The number of anilines is 1. The molecular formula is C14H15ClFN.